The van der Waals surface area contributed by atoms with E-state index in [0.29, 0.717) is 11.5 Å². The third kappa shape index (κ3) is 2.58. The van der Waals surface area contributed by atoms with Gasteiger partial charge in [-0.25, -0.2) is 0 Å². The molecule has 0 spiro atoms. The van der Waals surface area contributed by atoms with Crippen LogP contribution in [0.25, 0.3) is 10.9 Å². The molecule has 106 valence electrons. The Kier molecular flexibility index (Phi) is 3.08. The third-order valence-electron chi connectivity index (χ3n) is 4.29. The number of benzene rings is 1. The smallest absolute Gasteiger partial charge is 0.0727 e. The summed E-state index contributed by atoms with van der Waals surface area (Å²) in [6, 6.07) is 8.62. The second-order valence-electron chi connectivity index (χ2n) is 6.84. The van der Waals surface area contributed by atoms with Crippen LogP contribution in [0.2, 0.25) is 0 Å². The largest absolute Gasteiger partial charge is 0.399 e. The SMILES string of the molecule is Cc1cc(NC2CCC(C)(C)C2)c2cc(N)ccc2n1. The summed E-state index contributed by atoms with van der Waals surface area (Å²) in [5, 5.41) is 4.84. The molecule has 0 aliphatic heterocycles. The van der Waals surface area contributed by atoms with Gasteiger partial charge in [0.25, 0.3) is 0 Å². The minimum atomic E-state index is 0.453. The molecule has 1 aliphatic rings. The number of hydrogen-bond acceptors (Lipinski definition) is 3. The van der Waals surface area contributed by atoms with Gasteiger partial charge in [0, 0.05) is 28.5 Å². The van der Waals surface area contributed by atoms with Crippen LogP contribution in [0.1, 0.15) is 38.8 Å². The molecular weight excluding hydrogens is 246 g/mol. The van der Waals surface area contributed by atoms with Gasteiger partial charge in [-0.3, -0.25) is 4.98 Å². The van der Waals surface area contributed by atoms with Crippen LogP contribution < -0.4 is 11.1 Å². The number of rotatable bonds is 2. The molecule has 0 bridgehead atoms. The molecule has 20 heavy (non-hydrogen) atoms. The number of pyridine rings is 1. The van der Waals surface area contributed by atoms with Crippen LogP contribution in [-0.2, 0) is 0 Å². The summed E-state index contributed by atoms with van der Waals surface area (Å²) in [5.74, 6) is 0. The maximum absolute atomic E-state index is 5.93. The van der Waals surface area contributed by atoms with Gasteiger partial charge in [-0.1, -0.05) is 13.8 Å². The van der Waals surface area contributed by atoms with E-state index in [1.165, 1.54) is 24.9 Å². The number of nitrogen functional groups attached to an aromatic ring is 1. The Balaban J connectivity index is 1.96. The number of aryl methyl sites for hydroxylation is 1. The van der Waals surface area contributed by atoms with Crippen LogP contribution in [0.15, 0.2) is 24.3 Å². The molecule has 1 saturated carbocycles. The Hall–Kier alpha value is -1.77. The van der Waals surface area contributed by atoms with E-state index in [1.54, 1.807) is 0 Å². The van der Waals surface area contributed by atoms with Crippen molar-refractivity contribution < 1.29 is 0 Å². The van der Waals surface area contributed by atoms with Crippen molar-refractivity contribution in [2.75, 3.05) is 11.1 Å². The van der Waals surface area contributed by atoms with E-state index in [9.17, 15) is 0 Å². The first-order chi connectivity index (χ1) is 9.43. The highest BCUT2D eigenvalue weighted by molar-refractivity contribution is 5.93. The molecule has 0 saturated heterocycles. The quantitative estimate of drug-likeness (QED) is 0.806. The molecule has 2 aromatic rings. The highest BCUT2D eigenvalue weighted by Gasteiger charge is 2.30. The Morgan fingerprint density at radius 1 is 1.30 bits per heavy atom. The monoisotopic (exact) mass is 269 g/mol. The lowest BCUT2D eigenvalue weighted by atomic mass is 9.92. The summed E-state index contributed by atoms with van der Waals surface area (Å²) in [4.78, 5) is 4.59. The lowest BCUT2D eigenvalue weighted by Gasteiger charge is -2.20. The second-order valence-corrected chi connectivity index (χ2v) is 6.84. The lowest BCUT2D eigenvalue weighted by Crippen LogP contribution is -2.18. The van der Waals surface area contributed by atoms with Crippen LogP contribution in [0.3, 0.4) is 0 Å². The fourth-order valence-corrected chi connectivity index (χ4v) is 3.27. The highest BCUT2D eigenvalue weighted by Crippen LogP contribution is 2.39. The molecule has 1 fully saturated rings. The maximum Gasteiger partial charge on any atom is 0.0727 e. The summed E-state index contributed by atoms with van der Waals surface area (Å²) < 4.78 is 0. The average Bonchev–Trinajstić information content (AvgIpc) is 2.69. The van der Waals surface area contributed by atoms with Crippen molar-refractivity contribution in [3.8, 4) is 0 Å². The zero-order chi connectivity index (χ0) is 14.3. The number of nitrogens with two attached hydrogens (primary N) is 1. The van der Waals surface area contributed by atoms with Gasteiger partial charge in [-0.05, 0) is 55.9 Å². The van der Waals surface area contributed by atoms with Crippen molar-refractivity contribution in [1.82, 2.24) is 4.98 Å². The van der Waals surface area contributed by atoms with Crippen molar-refractivity contribution >= 4 is 22.3 Å². The molecule has 1 aliphatic carbocycles. The van der Waals surface area contributed by atoms with Crippen molar-refractivity contribution in [1.29, 1.82) is 0 Å². The number of fused-ring (bicyclic) bond motifs is 1. The summed E-state index contributed by atoms with van der Waals surface area (Å²) >= 11 is 0. The van der Waals surface area contributed by atoms with Crippen molar-refractivity contribution in [2.24, 2.45) is 5.41 Å². The van der Waals surface area contributed by atoms with Gasteiger partial charge in [0.15, 0.2) is 0 Å². The third-order valence-corrected chi connectivity index (χ3v) is 4.29. The molecule has 0 radical (unpaired) electrons. The molecule has 3 nitrogen and oxygen atoms in total. The number of hydrogen-bond donors (Lipinski definition) is 2. The minimum absolute atomic E-state index is 0.453. The predicted octanol–water partition coefficient (Wildman–Crippen LogP) is 4.12. The van der Waals surface area contributed by atoms with E-state index in [0.717, 1.165) is 22.3 Å². The highest BCUT2D eigenvalue weighted by atomic mass is 14.9. The summed E-state index contributed by atoms with van der Waals surface area (Å²) in [6.07, 6.45) is 3.74. The molecule has 1 heterocycles. The van der Waals surface area contributed by atoms with E-state index in [-0.39, 0.29) is 0 Å². The second kappa shape index (κ2) is 4.65. The standard InChI is InChI=1S/C17H23N3/c1-11-8-16(20-13-6-7-17(2,3)10-13)14-9-12(18)4-5-15(14)19-11/h4-5,8-9,13H,6-7,10,18H2,1-3H3,(H,19,20). The Morgan fingerprint density at radius 2 is 2.10 bits per heavy atom. The van der Waals surface area contributed by atoms with E-state index in [1.807, 2.05) is 25.1 Å². The van der Waals surface area contributed by atoms with E-state index in [4.69, 9.17) is 5.73 Å². The zero-order valence-corrected chi connectivity index (χ0v) is 12.5. The Morgan fingerprint density at radius 3 is 2.80 bits per heavy atom. The average molecular weight is 269 g/mol. The fourth-order valence-electron chi connectivity index (χ4n) is 3.27. The van der Waals surface area contributed by atoms with Crippen LogP contribution in [0.4, 0.5) is 11.4 Å². The lowest BCUT2D eigenvalue weighted by molar-refractivity contribution is 0.378. The first-order valence-electron chi connectivity index (χ1n) is 7.36. The molecule has 3 rings (SSSR count). The van der Waals surface area contributed by atoms with Crippen LogP contribution in [0, 0.1) is 12.3 Å². The van der Waals surface area contributed by atoms with Crippen molar-refractivity contribution in [3.63, 3.8) is 0 Å². The normalized spacial score (nSPS) is 21.2. The number of aromatic nitrogens is 1. The zero-order valence-electron chi connectivity index (χ0n) is 12.5. The predicted molar refractivity (Wildman–Crippen MR) is 85.9 cm³/mol. The van der Waals surface area contributed by atoms with Crippen molar-refractivity contribution in [2.45, 2.75) is 46.1 Å². The van der Waals surface area contributed by atoms with Crippen molar-refractivity contribution in [3.05, 3.63) is 30.0 Å². The molecule has 1 unspecified atom stereocenters. The molecule has 1 aromatic heterocycles. The number of nitrogens with zero attached hydrogens (tertiary/aromatic N) is 1. The molecule has 3 N–H and O–H groups in total. The Labute approximate surface area is 120 Å². The topological polar surface area (TPSA) is 50.9 Å². The molecule has 1 aromatic carbocycles. The van der Waals surface area contributed by atoms with Gasteiger partial charge in [-0.15, -0.1) is 0 Å². The number of anilines is 2. The van der Waals surface area contributed by atoms with Crippen LogP contribution >= 0.6 is 0 Å². The van der Waals surface area contributed by atoms with Gasteiger partial charge in [0.2, 0.25) is 0 Å². The fraction of sp³-hybridized carbons (Fsp3) is 0.471. The first-order valence-corrected chi connectivity index (χ1v) is 7.36. The van der Waals surface area contributed by atoms with Gasteiger partial charge < -0.3 is 11.1 Å². The Bertz CT molecular complexity index is 646. The molecule has 3 heteroatoms. The number of nitrogens with one attached hydrogen (secondary N) is 1. The maximum atomic E-state index is 5.93. The van der Waals surface area contributed by atoms with Crippen LogP contribution in [-0.4, -0.2) is 11.0 Å². The van der Waals surface area contributed by atoms with E-state index in [2.05, 4.69) is 30.2 Å². The van der Waals surface area contributed by atoms with Gasteiger partial charge >= 0.3 is 0 Å². The summed E-state index contributed by atoms with van der Waals surface area (Å²) in [7, 11) is 0. The van der Waals surface area contributed by atoms with E-state index < -0.39 is 0 Å². The van der Waals surface area contributed by atoms with Gasteiger partial charge in [-0.2, -0.15) is 0 Å². The van der Waals surface area contributed by atoms with E-state index >= 15 is 0 Å². The molecule has 0 amide bonds. The van der Waals surface area contributed by atoms with Gasteiger partial charge in [0.1, 0.15) is 0 Å². The first kappa shape index (κ1) is 13.2. The van der Waals surface area contributed by atoms with Gasteiger partial charge in [0.05, 0.1) is 5.52 Å². The summed E-state index contributed by atoms with van der Waals surface area (Å²) in [5.41, 5.74) is 10.4. The molecule has 1 atom stereocenters. The molecular formula is C17H23N3. The summed E-state index contributed by atoms with van der Waals surface area (Å²) in [6.45, 7) is 6.74. The minimum Gasteiger partial charge on any atom is -0.399 e. The van der Waals surface area contributed by atoms with Crippen LogP contribution in [0.5, 0.6) is 0 Å².